The van der Waals surface area contributed by atoms with E-state index in [0.29, 0.717) is 6.61 Å². The van der Waals surface area contributed by atoms with Crippen molar-refractivity contribution in [1.82, 2.24) is 0 Å². The van der Waals surface area contributed by atoms with Gasteiger partial charge in [-0.25, -0.2) is 0 Å². The molecule has 0 heterocycles. The van der Waals surface area contributed by atoms with E-state index in [-0.39, 0.29) is 0 Å². The van der Waals surface area contributed by atoms with Crippen LogP contribution in [0.15, 0.2) is 48.5 Å². The van der Waals surface area contributed by atoms with Gasteiger partial charge in [0.15, 0.2) is 0 Å². The van der Waals surface area contributed by atoms with Crippen molar-refractivity contribution < 1.29 is 9.47 Å². The molecule has 0 aliphatic heterocycles. The Balaban J connectivity index is 2.32. The van der Waals surface area contributed by atoms with Gasteiger partial charge in [0.1, 0.15) is 11.5 Å². The lowest BCUT2D eigenvalue weighted by atomic mass is 10.0. The number of para-hydroxylation sites is 1. The highest BCUT2D eigenvalue weighted by atomic mass is 16.5. The van der Waals surface area contributed by atoms with Crippen molar-refractivity contribution in [2.24, 2.45) is 0 Å². The maximum Gasteiger partial charge on any atom is 0.127 e. The quantitative estimate of drug-likeness (QED) is 0.755. The molecular formula is C17H20O2. The maximum absolute atomic E-state index is 5.80. The summed E-state index contributed by atoms with van der Waals surface area (Å²) in [5, 5.41) is 0. The van der Waals surface area contributed by atoms with Crippen molar-refractivity contribution in [3.63, 3.8) is 0 Å². The van der Waals surface area contributed by atoms with Crippen molar-refractivity contribution in [2.45, 2.75) is 20.3 Å². The summed E-state index contributed by atoms with van der Waals surface area (Å²) in [6, 6.07) is 16.2. The lowest BCUT2D eigenvalue weighted by Gasteiger charge is -2.12. The predicted molar refractivity (Wildman–Crippen MR) is 78.8 cm³/mol. The fourth-order valence-corrected chi connectivity index (χ4v) is 1.96. The predicted octanol–water partition coefficient (Wildman–Crippen LogP) is 4.54. The molecule has 19 heavy (non-hydrogen) atoms. The van der Waals surface area contributed by atoms with Gasteiger partial charge in [0.2, 0.25) is 0 Å². The largest absolute Gasteiger partial charge is 0.494 e. The molecule has 0 atom stereocenters. The second-order valence-electron chi connectivity index (χ2n) is 4.31. The van der Waals surface area contributed by atoms with Crippen LogP contribution < -0.4 is 9.47 Å². The molecule has 2 rings (SSSR count). The first kappa shape index (κ1) is 13.5. The summed E-state index contributed by atoms with van der Waals surface area (Å²) in [7, 11) is 0. The van der Waals surface area contributed by atoms with Crippen LogP contribution in [-0.4, -0.2) is 13.2 Å². The first-order valence-electron chi connectivity index (χ1n) is 6.80. The van der Waals surface area contributed by atoms with Crippen molar-refractivity contribution in [3.8, 4) is 22.6 Å². The number of hydrogen-bond donors (Lipinski definition) is 0. The molecule has 0 amide bonds. The zero-order valence-corrected chi connectivity index (χ0v) is 11.6. The van der Waals surface area contributed by atoms with Crippen LogP contribution >= 0.6 is 0 Å². The van der Waals surface area contributed by atoms with Crippen molar-refractivity contribution in [2.75, 3.05) is 13.2 Å². The normalized spacial score (nSPS) is 10.2. The smallest absolute Gasteiger partial charge is 0.127 e. The van der Waals surface area contributed by atoms with Crippen LogP contribution in [0.5, 0.6) is 11.5 Å². The molecule has 0 N–H and O–H groups in total. The average molecular weight is 256 g/mol. The van der Waals surface area contributed by atoms with E-state index in [4.69, 9.17) is 9.47 Å². The average Bonchev–Trinajstić information content (AvgIpc) is 2.46. The molecule has 0 aliphatic carbocycles. The Morgan fingerprint density at radius 2 is 1.74 bits per heavy atom. The van der Waals surface area contributed by atoms with Gasteiger partial charge >= 0.3 is 0 Å². The van der Waals surface area contributed by atoms with Crippen molar-refractivity contribution in [3.05, 3.63) is 48.5 Å². The first-order chi connectivity index (χ1) is 9.35. The molecule has 0 spiro atoms. The van der Waals surface area contributed by atoms with Crippen LogP contribution in [-0.2, 0) is 0 Å². The number of hydrogen-bond acceptors (Lipinski definition) is 2. The van der Waals surface area contributed by atoms with Gasteiger partial charge < -0.3 is 9.47 Å². The second kappa shape index (κ2) is 6.83. The summed E-state index contributed by atoms with van der Waals surface area (Å²) in [5.41, 5.74) is 2.23. The fourth-order valence-electron chi connectivity index (χ4n) is 1.96. The monoisotopic (exact) mass is 256 g/mol. The van der Waals surface area contributed by atoms with Crippen LogP contribution in [0.2, 0.25) is 0 Å². The van der Waals surface area contributed by atoms with Gasteiger partial charge in [-0.3, -0.25) is 0 Å². The third-order valence-electron chi connectivity index (χ3n) is 2.80. The summed E-state index contributed by atoms with van der Waals surface area (Å²) in [4.78, 5) is 0. The lowest BCUT2D eigenvalue weighted by Crippen LogP contribution is -1.97. The van der Waals surface area contributed by atoms with E-state index in [9.17, 15) is 0 Å². The molecule has 2 heteroatoms. The first-order valence-corrected chi connectivity index (χ1v) is 6.80. The topological polar surface area (TPSA) is 18.5 Å². The molecule has 0 saturated heterocycles. The summed E-state index contributed by atoms with van der Waals surface area (Å²) in [6.07, 6.45) is 1.01. The summed E-state index contributed by atoms with van der Waals surface area (Å²) in [5.74, 6) is 1.82. The van der Waals surface area contributed by atoms with E-state index >= 15 is 0 Å². The number of benzene rings is 2. The molecule has 0 radical (unpaired) electrons. The minimum Gasteiger partial charge on any atom is -0.494 e. The highest BCUT2D eigenvalue weighted by Gasteiger charge is 2.06. The molecule has 2 nitrogen and oxygen atoms in total. The van der Waals surface area contributed by atoms with E-state index in [1.807, 2.05) is 37.3 Å². The van der Waals surface area contributed by atoms with E-state index in [0.717, 1.165) is 35.7 Å². The minimum atomic E-state index is 0.678. The maximum atomic E-state index is 5.80. The molecule has 0 saturated carbocycles. The second-order valence-corrected chi connectivity index (χ2v) is 4.31. The van der Waals surface area contributed by atoms with Gasteiger partial charge in [-0.05, 0) is 37.1 Å². The Morgan fingerprint density at radius 3 is 2.53 bits per heavy atom. The van der Waals surface area contributed by atoms with Gasteiger partial charge in [-0.15, -0.1) is 0 Å². The van der Waals surface area contributed by atoms with E-state index < -0.39 is 0 Å². The van der Waals surface area contributed by atoms with E-state index in [1.54, 1.807) is 0 Å². The molecule has 2 aromatic rings. The van der Waals surface area contributed by atoms with Crippen LogP contribution in [0.25, 0.3) is 11.1 Å². The Kier molecular flexibility index (Phi) is 4.85. The standard InChI is InChI=1S/C17H20O2/c1-3-12-19-17-11-6-5-10-16(17)14-8-7-9-15(13-14)18-4-2/h5-11,13H,3-4,12H2,1-2H3. The zero-order valence-electron chi connectivity index (χ0n) is 11.6. The minimum absolute atomic E-state index is 0.678. The van der Waals surface area contributed by atoms with Gasteiger partial charge in [0.05, 0.1) is 13.2 Å². The van der Waals surface area contributed by atoms with Crippen molar-refractivity contribution >= 4 is 0 Å². The van der Waals surface area contributed by atoms with Crippen LogP contribution in [0.4, 0.5) is 0 Å². The van der Waals surface area contributed by atoms with Crippen LogP contribution in [0.3, 0.4) is 0 Å². The SMILES string of the molecule is CCCOc1ccccc1-c1cccc(OCC)c1. The fraction of sp³-hybridized carbons (Fsp3) is 0.294. The van der Waals surface area contributed by atoms with Crippen molar-refractivity contribution in [1.29, 1.82) is 0 Å². The van der Waals surface area contributed by atoms with Crippen LogP contribution in [0.1, 0.15) is 20.3 Å². The molecule has 100 valence electrons. The Morgan fingerprint density at radius 1 is 0.895 bits per heavy atom. The number of rotatable bonds is 6. The molecule has 0 aliphatic rings. The Bertz CT molecular complexity index is 520. The molecular weight excluding hydrogens is 236 g/mol. The third-order valence-corrected chi connectivity index (χ3v) is 2.80. The molecule has 2 aromatic carbocycles. The highest BCUT2D eigenvalue weighted by molar-refractivity contribution is 5.71. The molecule has 0 unspecified atom stereocenters. The molecule has 0 bridgehead atoms. The summed E-state index contributed by atoms with van der Waals surface area (Å²) in [6.45, 7) is 5.52. The third kappa shape index (κ3) is 3.50. The molecule has 0 fully saturated rings. The van der Waals surface area contributed by atoms with Gasteiger partial charge in [0, 0.05) is 5.56 Å². The lowest BCUT2D eigenvalue weighted by molar-refractivity contribution is 0.318. The van der Waals surface area contributed by atoms with E-state index in [1.165, 1.54) is 0 Å². The Labute approximate surface area is 115 Å². The highest BCUT2D eigenvalue weighted by Crippen LogP contribution is 2.31. The van der Waals surface area contributed by atoms with Gasteiger partial charge in [-0.2, -0.15) is 0 Å². The van der Waals surface area contributed by atoms with Gasteiger partial charge in [0.25, 0.3) is 0 Å². The molecule has 0 aromatic heterocycles. The van der Waals surface area contributed by atoms with Gasteiger partial charge in [-0.1, -0.05) is 37.3 Å². The van der Waals surface area contributed by atoms with E-state index in [2.05, 4.69) is 25.1 Å². The van der Waals surface area contributed by atoms with Crippen LogP contribution in [0, 0.1) is 0 Å². The summed E-state index contributed by atoms with van der Waals surface area (Å²) >= 11 is 0. The Hall–Kier alpha value is -1.96. The summed E-state index contributed by atoms with van der Waals surface area (Å²) < 4.78 is 11.3. The number of ether oxygens (including phenoxy) is 2. The zero-order chi connectivity index (χ0) is 13.5.